The van der Waals surface area contributed by atoms with Crippen molar-refractivity contribution in [2.45, 2.75) is 53.6 Å². The molecule has 0 aliphatic rings. The van der Waals surface area contributed by atoms with Crippen LogP contribution in [-0.2, 0) is 4.74 Å². The third-order valence-corrected chi connectivity index (χ3v) is 4.36. The summed E-state index contributed by atoms with van der Waals surface area (Å²) in [4.78, 5) is 27.4. The summed E-state index contributed by atoms with van der Waals surface area (Å²) >= 11 is 1.24. The van der Waals surface area contributed by atoms with Gasteiger partial charge in [0.25, 0.3) is 5.24 Å². The van der Waals surface area contributed by atoms with Crippen molar-refractivity contribution >= 4 is 23.1 Å². The van der Waals surface area contributed by atoms with Crippen LogP contribution in [0.5, 0.6) is 0 Å². The molecule has 0 saturated heterocycles. The van der Waals surface area contributed by atoms with E-state index in [9.17, 15) is 9.59 Å². The van der Waals surface area contributed by atoms with Crippen molar-refractivity contribution < 1.29 is 14.3 Å². The van der Waals surface area contributed by atoms with E-state index in [2.05, 4.69) is 6.92 Å². The highest BCUT2D eigenvalue weighted by Gasteiger charge is 2.20. The van der Waals surface area contributed by atoms with E-state index in [4.69, 9.17) is 4.74 Å². The van der Waals surface area contributed by atoms with Crippen LogP contribution in [0.15, 0.2) is 0 Å². The van der Waals surface area contributed by atoms with E-state index in [1.54, 1.807) is 9.80 Å². The van der Waals surface area contributed by atoms with Crippen LogP contribution in [0.2, 0.25) is 0 Å². The molecule has 21 heavy (non-hydrogen) atoms. The lowest BCUT2D eigenvalue weighted by molar-refractivity contribution is 0.0709. The Balaban J connectivity index is 4.42. The lowest BCUT2D eigenvalue weighted by atomic mass is 10.2. The van der Waals surface area contributed by atoms with Gasteiger partial charge in [-0.2, -0.15) is 0 Å². The number of carbonyl (C=O) groups excluding carboxylic acids is 2. The fraction of sp³-hybridized carbons (Fsp3) is 0.867. The quantitative estimate of drug-likeness (QED) is 0.648. The molecule has 0 aliphatic heterocycles. The molecule has 124 valence electrons. The van der Waals surface area contributed by atoms with Crippen molar-refractivity contribution in [1.29, 1.82) is 0 Å². The molecule has 0 heterocycles. The molecule has 1 unspecified atom stereocenters. The van der Waals surface area contributed by atoms with Gasteiger partial charge in [-0.15, -0.1) is 0 Å². The van der Waals surface area contributed by atoms with Gasteiger partial charge in [-0.25, -0.2) is 4.79 Å². The Morgan fingerprint density at radius 1 is 0.952 bits per heavy atom. The fourth-order valence-corrected chi connectivity index (χ4v) is 2.94. The number of ether oxygens (including phenoxy) is 1. The first-order chi connectivity index (χ1) is 10.0. The molecule has 0 N–H and O–H groups in total. The predicted molar refractivity (Wildman–Crippen MR) is 88.9 cm³/mol. The molecule has 0 rings (SSSR count). The average molecular weight is 318 g/mol. The van der Waals surface area contributed by atoms with Gasteiger partial charge in [-0.3, -0.25) is 4.79 Å². The minimum absolute atomic E-state index is 0.0555. The largest absolute Gasteiger partial charge is 0.445 e. The second-order valence-corrected chi connectivity index (χ2v) is 5.69. The molecule has 0 aliphatic carbocycles. The van der Waals surface area contributed by atoms with Crippen molar-refractivity contribution in [2.24, 2.45) is 0 Å². The summed E-state index contributed by atoms with van der Waals surface area (Å²) < 4.78 is 5.53. The number of rotatable bonds is 9. The molecule has 0 aromatic rings. The topological polar surface area (TPSA) is 49.9 Å². The SMILES string of the molecule is CCCC(CSC(=O)N(CC)CC)OC(=O)N(CC)CC. The molecule has 0 aromatic heterocycles. The summed E-state index contributed by atoms with van der Waals surface area (Å²) in [6.07, 6.45) is 1.23. The minimum Gasteiger partial charge on any atom is -0.445 e. The summed E-state index contributed by atoms with van der Waals surface area (Å²) in [5.41, 5.74) is 0. The predicted octanol–water partition coefficient (Wildman–Crippen LogP) is 3.83. The molecule has 0 spiro atoms. The molecule has 1 atom stereocenters. The van der Waals surface area contributed by atoms with Crippen LogP contribution < -0.4 is 0 Å². The summed E-state index contributed by atoms with van der Waals surface area (Å²) in [5, 5.41) is 0.0555. The van der Waals surface area contributed by atoms with Crippen LogP contribution in [0.4, 0.5) is 9.59 Å². The molecule has 0 bridgehead atoms. The second kappa shape index (κ2) is 11.7. The maximum atomic E-state index is 12.0. The van der Waals surface area contributed by atoms with Crippen LogP contribution >= 0.6 is 11.8 Å². The van der Waals surface area contributed by atoms with Crippen molar-refractivity contribution in [3.63, 3.8) is 0 Å². The monoisotopic (exact) mass is 318 g/mol. The average Bonchev–Trinajstić information content (AvgIpc) is 2.47. The van der Waals surface area contributed by atoms with Gasteiger partial charge in [0, 0.05) is 31.9 Å². The summed E-state index contributed by atoms with van der Waals surface area (Å²) in [5.74, 6) is 0.524. The van der Waals surface area contributed by atoms with Gasteiger partial charge in [0.15, 0.2) is 0 Å². The van der Waals surface area contributed by atoms with Crippen molar-refractivity contribution in [1.82, 2.24) is 9.80 Å². The number of hydrogen-bond donors (Lipinski definition) is 0. The van der Waals surface area contributed by atoms with Gasteiger partial charge < -0.3 is 14.5 Å². The molecular weight excluding hydrogens is 288 g/mol. The maximum absolute atomic E-state index is 12.0. The van der Waals surface area contributed by atoms with E-state index in [1.807, 2.05) is 27.7 Å². The molecular formula is C15H30N2O3S. The third-order valence-electron chi connectivity index (χ3n) is 3.31. The first kappa shape index (κ1) is 20.1. The van der Waals surface area contributed by atoms with Gasteiger partial charge in [0.05, 0.1) is 0 Å². The van der Waals surface area contributed by atoms with Gasteiger partial charge >= 0.3 is 6.09 Å². The molecule has 0 fully saturated rings. The molecule has 0 aromatic carbocycles. The highest BCUT2D eigenvalue weighted by atomic mass is 32.2. The number of nitrogens with zero attached hydrogens (tertiary/aromatic N) is 2. The normalized spacial score (nSPS) is 11.9. The molecule has 2 amide bonds. The number of amides is 2. The Morgan fingerprint density at radius 2 is 1.48 bits per heavy atom. The van der Waals surface area contributed by atoms with Crippen LogP contribution in [0, 0.1) is 0 Å². The Bertz CT molecular complexity index is 305. The first-order valence-corrected chi connectivity index (χ1v) is 8.89. The zero-order chi connectivity index (χ0) is 16.3. The summed E-state index contributed by atoms with van der Waals surface area (Å²) in [6, 6.07) is 0. The lowest BCUT2D eigenvalue weighted by Crippen LogP contribution is -2.35. The van der Waals surface area contributed by atoms with Crippen molar-refractivity contribution in [3.05, 3.63) is 0 Å². The van der Waals surface area contributed by atoms with Crippen LogP contribution in [0.3, 0.4) is 0 Å². The lowest BCUT2D eigenvalue weighted by Gasteiger charge is -2.24. The Kier molecular flexibility index (Phi) is 11.2. The van der Waals surface area contributed by atoms with E-state index in [0.29, 0.717) is 31.9 Å². The fourth-order valence-electron chi connectivity index (χ4n) is 1.93. The Morgan fingerprint density at radius 3 is 1.90 bits per heavy atom. The van der Waals surface area contributed by atoms with Gasteiger partial charge in [0.1, 0.15) is 6.10 Å². The molecule has 0 saturated carbocycles. The summed E-state index contributed by atoms with van der Waals surface area (Å²) in [6.45, 7) is 12.5. The van der Waals surface area contributed by atoms with Crippen LogP contribution in [0.25, 0.3) is 0 Å². The van der Waals surface area contributed by atoms with Gasteiger partial charge in [-0.1, -0.05) is 25.1 Å². The highest BCUT2D eigenvalue weighted by Crippen LogP contribution is 2.16. The smallest absolute Gasteiger partial charge is 0.410 e. The van der Waals surface area contributed by atoms with Crippen molar-refractivity contribution in [3.8, 4) is 0 Å². The minimum atomic E-state index is -0.283. The molecule has 0 radical (unpaired) electrons. The third kappa shape index (κ3) is 7.60. The molecule has 6 heteroatoms. The zero-order valence-electron chi connectivity index (χ0n) is 14.1. The molecule has 5 nitrogen and oxygen atoms in total. The maximum Gasteiger partial charge on any atom is 0.410 e. The van der Waals surface area contributed by atoms with E-state index in [-0.39, 0.29) is 17.4 Å². The van der Waals surface area contributed by atoms with Crippen molar-refractivity contribution in [2.75, 3.05) is 31.9 Å². The summed E-state index contributed by atoms with van der Waals surface area (Å²) in [7, 11) is 0. The standard InChI is InChI=1S/C15H30N2O3S/c1-6-11-13(20-14(18)16(7-2)8-3)12-21-15(19)17(9-4)10-5/h13H,6-12H2,1-5H3. The number of hydrogen-bond acceptors (Lipinski definition) is 4. The van der Waals surface area contributed by atoms with E-state index in [1.165, 1.54) is 11.8 Å². The van der Waals surface area contributed by atoms with E-state index >= 15 is 0 Å². The first-order valence-electron chi connectivity index (χ1n) is 7.91. The van der Waals surface area contributed by atoms with E-state index < -0.39 is 0 Å². The zero-order valence-corrected chi connectivity index (χ0v) is 14.9. The van der Waals surface area contributed by atoms with Crippen LogP contribution in [0.1, 0.15) is 47.5 Å². The number of thioether (sulfide) groups is 1. The van der Waals surface area contributed by atoms with E-state index in [0.717, 1.165) is 12.8 Å². The Labute approximate surface area is 133 Å². The Hall–Kier alpha value is -0.910. The van der Waals surface area contributed by atoms with Gasteiger partial charge in [0.2, 0.25) is 0 Å². The van der Waals surface area contributed by atoms with Crippen LogP contribution in [-0.4, -0.2) is 59.2 Å². The highest BCUT2D eigenvalue weighted by molar-refractivity contribution is 8.13. The van der Waals surface area contributed by atoms with Gasteiger partial charge in [-0.05, 0) is 34.1 Å². The number of carbonyl (C=O) groups is 2. The second-order valence-electron chi connectivity index (χ2n) is 4.72.